The maximum absolute atomic E-state index is 5.23. The van der Waals surface area contributed by atoms with Crippen LogP contribution in [0, 0.1) is 0 Å². The summed E-state index contributed by atoms with van der Waals surface area (Å²) in [6.07, 6.45) is 2.41. The largest absolute Gasteiger partial charge is 0.348 e. The van der Waals surface area contributed by atoms with Crippen LogP contribution in [0.2, 0.25) is 0 Å². The molecular weight excluding hydrogens is 128 g/mol. The van der Waals surface area contributed by atoms with Gasteiger partial charge in [0.15, 0.2) is 0 Å². The lowest BCUT2D eigenvalue weighted by molar-refractivity contribution is 0.584. The molecule has 10 heavy (non-hydrogen) atoms. The van der Waals surface area contributed by atoms with Crippen molar-refractivity contribution < 1.29 is 0 Å². The van der Waals surface area contributed by atoms with Gasteiger partial charge in [0.1, 0.15) is 0 Å². The van der Waals surface area contributed by atoms with E-state index in [1.807, 2.05) is 19.0 Å². The van der Waals surface area contributed by atoms with E-state index in [-0.39, 0.29) is 0 Å². The molecule has 1 aliphatic carbocycles. The van der Waals surface area contributed by atoms with Gasteiger partial charge in [-0.05, 0) is 12.8 Å². The fourth-order valence-electron chi connectivity index (χ4n) is 0.658. The smallest absolute Gasteiger partial charge is 0.208 e. The Labute approximate surface area is 61.1 Å². The van der Waals surface area contributed by atoms with Crippen LogP contribution in [-0.2, 0) is 0 Å². The fraction of sp³-hybridized carbons (Fsp3) is 0.833. The van der Waals surface area contributed by atoms with Crippen LogP contribution in [0.3, 0.4) is 0 Å². The Kier molecular flexibility index (Phi) is 2.11. The summed E-state index contributed by atoms with van der Waals surface area (Å²) in [6.45, 7) is 0. The third kappa shape index (κ3) is 1.88. The molecule has 4 heteroatoms. The molecule has 0 aromatic carbocycles. The highest BCUT2D eigenvalue weighted by molar-refractivity contribution is 5.79. The highest BCUT2D eigenvalue weighted by Crippen LogP contribution is 2.23. The van der Waals surface area contributed by atoms with E-state index < -0.39 is 0 Å². The van der Waals surface area contributed by atoms with Crippen LogP contribution in [0.5, 0.6) is 0 Å². The topological polar surface area (TPSA) is 53.6 Å². The summed E-state index contributed by atoms with van der Waals surface area (Å²) in [7, 11) is 3.84. The van der Waals surface area contributed by atoms with Gasteiger partial charge in [-0.1, -0.05) is 0 Å². The number of hydrazine groups is 1. The Morgan fingerprint density at radius 3 is 2.50 bits per heavy atom. The first-order valence-electron chi connectivity index (χ1n) is 3.46. The van der Waals surface area contributed by atoms with Gasteiger partial charge in [-0.2, -0.15) is 0 Å². The van der Waals surface area contributed by atoms with E-state index in [9.17, 15) is 0 Å². The molecule has 0 spiro atoms. The number of guanidine groups is 1. The van der Waals surface area contributed by atoms with E-state index in [1.54, 1.807) is 0 Å². The zero-order valence-corrected chi connectivity index (χ0v) is 6.46. The maximum Gasteiger partial charge on any atom is 0.208 e. The lowest BCUT2D eigenvalue weighted by atomic mass is 10.7. The third-order valence-electron chi connectivity index (χ3n) is 1.40. The molecule has 0 atom stereocenters. The third-order valence-corrected chi connectivity index (χ3v) is 1.40. The quantitative estimate of drug-likeness (QED) is 0.225. The van der Waals surface area contributed by atoms with Gasteiger partial charge in [0, 0.05) is 14.1 Å². The number of hydrogen-bond donors (Lipinski definition) is 2. The zero-order chi connectivity index (χ0) is 7.56. The van der Waals surface area contributed by atoms with E-state index in [2.05, 4.69) is 10.4 Å². The second kappa shape index (κ2) is 2.88. The van der Waals surface area contributed by atoms with Crippen LogP contribution in [0.1, 0.15) is 12.8 Å². The maximum atomic E-state index is 5.23. The Bertz CT molecular complexity index is 137. The SMILES string of the molecule is CN(C)C(=NC1CC1)NN. The lowest BCUT2D eigenvalue weighted by Crippen LogP contribution is -2.40. The molecule has 0 amide bonds. The number of rotatable bonds is 1. The molecule has 0 aromatic heterocycles. The van der Waals surface area contributed by atoms with Crippen molar-refractivity contribution >= 4 is 5.96 Å². The Balaban J connectivity index is 2.44. The van der Waals surface area contributed by atoms with Crippen molar-refractivity contribution in [2.45, 2.75) is 18.9 Å². The second-order valence-electron chi connectivity index (χ2n) is 2.72. The van der Waals surface area contributed by atoms with Crippen molar-refractivity contribution in [3.05, 3.63) is 0 Å². The molecule has 58 valence electrons. The van der Waals surface area contributed by atoms with Crippen LogP contribution >= 0.6 is 0 Å². The van der Waals surface area contributed by atoms with E-state index in [0.29, 0.717) is 6.04 Å². The van der Waals surface area contributed by atoms with Gasteiger partial charge in [0.25, 0.3) is 0 Å². The minimum Gasteiger partial charge on any atom is -0.348 e. The van der Waals surface area contributed by atoms with Crippen molar-refractivity contribution in [1.29, 1.82) is 0 Å². The summed E-state index contributed by atoms with van der Waals surface area (Å²) in [5.74, 6) is 5.99. The van der Waals surface area contributed by atoms with E-state index >= 15 is 0 Å². The second-order valence-corrected chi connectivity index (χ2v) is 2.72. The summed E-state index contributed by atoms with van der Waals surface area (Å²) < 4.78 is 0. The summed E-state index contributed by atoms with van der Waals surface area (Å²) in [5, 5.41) is 0. The minimum absolute atomic E-state index is 0.522. The highest BCUT2D eigenvalue weighted by atomic mass is 15.4. The van der Waals surface area contributed by atoms with Crippen LogP contribution in [0.25, 0.3) is 0 Å². The normalized spacial score (nSPS) is 18.9. The van der Waals surface area contributed by atoms with Crippen molar-refractivity contribution in [3.63, 3.8) is 0 Å². The van der Waals surface area contributed by atoms with Gasteiger partial charge in [0.05, 0.1) is 6.04 Å². The van der Waals surface area contributed by atoms with Gasteiger partial charge in [-0.3, -0.25) is 5.43 Å². The average Bonchev–Trinajstić information content (AvgIpc) is 2.64. The van der Waals surface area contributed by atoms with Gasteiger partial charge in [-0.25, -0.2) is 10.8 Å². The van der Waals surface area contributed by atoms with Crippen molar-refractivity contribution in [1.82, 2.24) is 10.3 Å². The predicted molar refractivity (Wildman–Crippen MR) is 41.5 cm³/mol. The Morgan fingerprint density at radius 2 is 2.20 bits per heavy atom. The standard InChI is InChI=1S/C6H14N4/c1-10(2)6(9-7)8-5-3-4-5/h5H,3-4,7H2,1-2H3,(H,8,9). The lowest BCUT2D eigenvalue weighted by Gasteiger charge is -2.13. The average molecular weight is 142 g/mol. The number of hydrogen-bond acceptors (Lipinski definition) is 2. The van der Waals surface area contributed by atoms with Crippen molar-refractivity contribution in [2.24, 2.45) is 10.8 Å². The summed E-state index contributed by atoms with van der Waals surface area (Å²) in [5.41, 5.74) is 2.55. The molecule has 0 saturated heterocycles. The summed E-state index contributed by atoms with van der Waals surface area (Å²) >= 11 is 0. The molecule has 1 fully saturated rings. The minimum atomic E-state index is 0.522. The molecule has 1 aliphatic rings. The molecular formula is C6H14N4. The first kappa shape index (κ1) is 7.34. The first-order chi connectivity index (χ1) is 4.74. The molecule has 4 nitrogen and oxygen atoms in total. The zero-order valence-electron chi connectivity index (χ0n) is 6.46. The number of nitrogens with two attached hydrogens (primary N) is 1. The first-order valence-corrected chi connectivity index (χ1v) is 3.46. The molecule has 3 N–H and O–H groups in total. The van der Waals surface area contributed by atoms with E-state index in [4.69, 9.17) is 5.84 Å². The molecule has 0 radical (unpaired) electrons. The Hall–Kier alpha value is -0.770. The summed E-state index contributed by atoms with van der Waals surface area (Å²) in [4.78, 5) is 6.19. The highest BCUT2D eigenvalue weighted by Gasteiger charge is 2.21. The van der Waals surface area contributed by atoms with Crippen LogP contribution in [-0.4, -0.2) is 31.0 Å². The molecule has 0 aromatic rings. The van der Waals surface area contributed by atoms with Gasteiger partial charge in [-0.15, -0.1) is 0 Å². The fourth-order valence-corrected chi connectivity index (χ4v) is 0.658. The monoisotopic (exact) mass is 142 g/mol. The van der Waals surface area contributed by atoms with Crippen molar-refractivity contribution in [3.8, 4) is 0 Å². The van der Waals surface area contributed by atoms with Crippen LogP contribution in [0.15, 0.2) is 4.99 Å². The van der Waals surface area contributed by atoms with Gasteiger partial charge in [0.2, 0.25) is 5.96 Å². The van der Waals surface area contributed by atoms with Gasteiger partial charge < -0.3 is 4.90 Å². The molecule has 1 saturated carbocycles. The predicted octanol–water partition coefficient (Wildman–Crippen LogP) is -0.470. The number of aliphatic imine (C=N–C) groups is 1. The molecule has 0 unspecified atom stereocenters. The number of nitrogens with zero attached hydrogens (tertiary/aromatic N) is 2. The molecule has 0 heterocycles. The number of nitrogens with one attached hydrogen (secondary N) is 1. The molecule has 0 bridgehead atoms. The Morgan fingerprint density at radius 1 is 1.60 bits per heavy atom. The van der Waals surface area contributed by atoms with Crippen molar-refractivity contribution in [2.75, 3.05) is 14.1 Å². The van der Waals surface area contributed by atoms with Gasteiger partial charge >= 0.3 is 0 Å². The van der Waals surface area contributed by atoms with Crippen LogP contribution in [0.4, 0.5) is 0 Å². The van der Waals surface area contributed by atoms with E-state index in [0.717, 1.165) is 5.96 Å². The molecule has 0 aliphatic heterocycles. The van der Waals surface area contributed by atoms with E-state index in [1.165, 1.54) is 12.8 Å². The summed E-state index contributed by atoms with van der Waals surface area (Å²) in [6, 6.07) is 0.522. The van der Waals surface area contributed by atoms with Crippen LogP contribution < -0.4 is 11.3 Å². The molecule has 1 rings (SSSR count).